The number of aromatic nitrogens is 1. The van der Waals surface area contributed by atoms with Crippen LogP contribution in [0.5, 0.6) is 5.75 Å². The predicted octanol–water partition coefficient (Wildman–Crippen LogP) is 3.19. The Balaban J connectivity index is 1.97. The number of pyridine rings is 1. The molecular formula is C17H18FNO2. The molecule has 1 aromatic heterocycles. The molecule has 1 unspecified atom stereocenters. The standard InChI is InChI=1S/C17H18FNO2/c1-2-7-21-15-9-13(10-19-11-15)17(20)6-5-12-8-14(18)3-4-16(12)17/h3-4,8-11,20H,2,5-7H2,1H3. The highest BCUT2D eigenvalue weighted by atomic mass is 19.1. The van der Waals surface area contributed by atoms with Gasteiger partial charge in [0, 0.05) is 11.8 Å². The van der Waals surface area contributed by atoms with Gasteiger partial charge in [-0.15, -0.1) is 0 Å². The van der Waals surface area contributed by atoms with Crippen molar-refractivity contribution in [1.82, 2.24) is 4.98 Å². The van der Waals surface area contributed by atoms with Gasteiger partial charge in [0.15, 0.2) is 0 Å². The lowest BCUT2D eigenvalue weighted by molar-refractivity contribution is 0.0821. The smallest absolute Gasteiger partial charge is 0.137 e. The minimum atomic E-state index is -1.11. The van der Waals surface area contributed by atoms with Crippen molar-refractivity contribution in [1.29, 1.82) is 0 Å². The third-order valence-corrected chi connectivity index (χ3v) is 3.93. The van der Waals surface area contributed by atoms with Crippen molar-refractivity contribution in [3.05, 3.63) is 59.2 Å². The second-order valence-corrected chi connectivity index (χ2v) is 5.42. The van der Waals surface area contributed by atoms with Crippen molar-refractivity contribution in [3.63, 3.8) is 0 Å². The van der Waals surface area contributed by atoms with Crippen LogP contribution >= 0.6 is 0 Å². The molecule has 0 amide bonds. The molecule has 0 aliphatic heterocycles. The van der Waals surface area contributed by atoms with Crippen LogP contribution in [0.2, 0.25) is 0 Å². The Kier molecular flexibility index (Phi) is 3.64. The molecule has 3 nitrogen and oxygen atoms in total. The van der Waals surface area contributed by atoms with Crippen LogP contribution in [0.25, 0.3) is 0 Å². The second kappa shape index (κ2) is 5.45. The summed E-state index contributed by atoms with van der Waals surface area (Å²) in [7, 11) is 0. The van der Waals surface area contributed by atoms with Crippen LogP contribution in [0.4, 0.5) is 4.39 Å². The first-order valence-corrected chi connectivity index (χ1v) is 7.23. The summed E-state index contributed by atoms with van der Waals surface area (Å²) in [4.78, 5) is 4.16. The van der Waals surface area contributed by atoms with Crippen molar-refractivity contribution >= 4 is 0 Å². The molecule has 1 atom stereocenters. The first-order valence-electron chi connectivity index (χ1n) is 7.23. The fourth-order valence-corrected chi connectivity index (χ4v) is 2.87. The van der Waals surface area contributed by atoms with E-state index in [1.165, 1.54) is 12.1 Å². The Morgan fingerprint density at radius 1 is 1.33 bits per heavy atom. The zero-order chi connectivity index (χ0) is 14.9. The Hall–Kier alpha value is -1.94. The van der Waals surface area contributed by atoms with Gasteiger partial charge >= 0.3 is 0 Å². The number of aryl methyl sites for hydroxylation is 1. The van der Waals surface area contributed by atoms with Crippen LogP contribution in [0.15, 0.2) is 36.7 Å². The van der Waals surface area contributed by atoms with Crippen molar-refractivity contribution in [3.8, 4) is 5.75 Å². The van der Waals surface area contributed by atoms with E-state index in [2.05, 4.69) is 4.98 Å². The maximum Gasteiger partial charge on any atom is 0.137 e. The maximum absolute atomic E-state index is 13.3. The minimum Gasteiger partial charge on any atom is -0.492 e. The molecule has 0 radical (unpaired) electrons. The monoisotopic (exact) mass is 287 g/mol. The minimum absolute atomic E-state index is 0.267. The molecule has 110 valence electrons. The summed E-state index contributed by atoms with van der Waals surface area (Å²) in [5, 5.41) is 11.0. The SMILES string of the molecule is CCCOc1cncc(C2(O)CCc3cc(F)ccc32)c1. The van der Waals surface area contributed by atoms with E-state index in [9.17, 15) is 9.50 Å². The average Bonchev–Trinajstić information content (AvgIpc) is 2.83. The molecule has 0 fully saturated rings. The van der Waals surface area contributed by atoms with Crippen molar-refractivity contribution in [2.24, 2.45) is 0 Å². The summed E-state index contributed by atoms with van der Waals surface area (Å²) in [6.07, 6.45) is 5.39. The lowest BCUT2D eigenvalue weighted by Gasteiger charge is -2.24. The summed E-state index contributed by atoms with van der Waals surface area (Å²) < 4.78 is 18.9. The quantitative estimate of drug-likeness (QED) is 0.939. The van der Waals surface area contributed by atoms with Gasteiger partial charge in [-0.05, 0) is 48.6 Å². The highest BCUT2D eigenvalue weighted by Gasteiger charge is 2.38. The average molecular weight is 287 g/mol. The van der Waals surface area contributed by atoms with Gasteiger partial charge in [0.2, 0.25) is 0 Å². The number of aliphatic hydroxyl groups is 1. The molecular weight excluding hydrogens is 269 g/mol. The normalized spacial score (nSPS) is 20.3. The van der Waals surface area contributed by atoms with E-state index in [4.69, 9.17) is 4.74 Å². The molecule has 1 aromatic carbocycles. The molecule has 4 heteroatoms. The molecule has 3 rings (SSSR count). The van der Waals surface area contributed by atoms with E-state index in [1.807, 2.05) is 13.0 Å². The molecule has 1 aliphatic rings. The Bertz CT molecular complexity index is 659. The molecule has 21 heavy (non-hydrogen) atoms. The summed E-state index contributed by atoms with van der Waals surface area (Å²) in [5.41, 5.74) is 1.21. The van der Waals surface area contributed by atoms with Gasteiger partial charge in [0.05, 0.1) is 12.8 Å². The zero-order valence-corrected chi connectivity index (χ0v) is 12.0. The van der Waals surface area contributed by atoms with E-state index in [0.717, 1.165) is 17.5 Å². The third kappa shape index (κ3) is 2.51. The van der Waals surface area contributed by atoms with Crippen molar-refractivity contribution in [2.45, 2.75) is 31.8 Å². The predicted molar refractivity (Wildman–Crippen MR) is 77.7 cm³/mol. The summed E-state index contributed by atoms with van der Waals surface area (Å²) in [6.45, 7) is 2.65. The van der Waals surface area contributed by atoms with Crippen LogP contribution in [0.3, 0.4) is 0 Å². The van der Waals surface area contributed by atoms with Crippen LogP contribution in [-0.2, 0) is 12.0 Å². The van der Waals surface area contributed by atoms with E-state index in [0.29, 0.717) is 30.8 Å². The highest BCUT2D eigenvalue weighted by Crippen LogP contribution is 2.42. The number of ether oxygens (including phenoxy) is 1. The van der Waals surface area contributed by atoms with Gasteiger partial charge in [-0.25, -0.2) is 4.39 Å². The summed E-state index contributed by atoms with van der Waals surface area (Å²) >= 11 is 0. The molecule has 0 bridgehead atoms. The van der Waals surface area contributed by atoms with Crippen LogP contribution < -0.4 is 4.74 Å². The highest BCUT2D eigenvalue weighted by molar-refractivity contribution is 5.45. The summed E-state index contributed by atoms with van der Waals surface area (Å²) in [6, 6.07) is 6.37. The van der Waals surface area contributed by atoms with Gasteiger partial charge in [0.1, 0.15) is 17.2 Å². The van der Waals surface area contributed by atoms with Gasteiger partial charge in [-0.1, -0.05) is 13.0 Å². The van der Waals surface area contributed by atoms with Crippen LogP contribution in [-0.4, -0.2) is 16.7 Å². The number of benzene rings is 1. The van der Waals surface area contributed by atoms with Crippen LogP contribution in [0.1, 0.15) is 36.5 Å². The fourth-order valence-electron chi connectivity index (χ4n) is 2.87. The first kappa shape index (κ1) is 14.0. The Labute approximate surface area is 123 Å². The van der Waals surface area contributed by atoms with E-state index in [1.54, 1.807) is 18.5 Å². The Morgan fingerprint density at radius 2 is 2.19 bits per heavy atom. The van der Waals surface area contributed by atoms with Crippen molar-refractivity contribution in [2.75, 3.05) is 6.61 Å². The van der Waals surface area contributed by atoms with Gasteiger partial charge in [0.25, 0.3) is 0 Å². The van der Waals surface area contributed by atoms with Gasteiger partial charge < -0.3 is 9.84 Å². The number of hydrogen-bond donors (Lipinski definition) is 1. The topological polar surface area (TPSA) is 42.4 Å². The van der Waals surface area contributed by atoms with Gasteiger partial charge in [-0.2, -0.15) is 0 Å². The third-order valence-electron chi connectivity index (χ3n) is 3.93. The molecule has 2 aromatic rings. The number of nitrogens with zero attached hydrogens (tertiary/aromatic N) is 1. The van der Waals surface area contributed by atoms with Gasteiger partial charge in [-0.3, -0.25) is 4.98 Å². The fraction of sp³-hybridized carbons (Fsp3) is 0.353. The van der Waals surface area contributed by atoms with E-state index >= 15 is 0 Å². The molecule has 1 N–H and O–H groups in total. The molecule has 1 aliphatic carbocycles. The number of halogens is 1. The molecule has 1 heterocycles. The lowest BCUT2D eigenvalue weighted by atomic mass is 9.89. The molecule has 0 saturated carbocycles. The largest absolute Gasteiger partial charge is 0.492 e. The van der Waals surface area contributed by atoms with E-state index in [-0.39, 0.29) is 5.82 Å². The number of fused-ring (bicyclic) bond motifs is 1. The molecule has 0 spiro atoms. The first-order chi connectivity index (χ1) is 10.1. The second-order valence-electron chi connectivity index (χ2n) is 5.42. The van der Waals surface area contributed by atoms with E-state index < -0.39 is 5.60 Å². The number of rotatable bonds is 4. The zero-order valence-electron chi connectivity index (χ0n) is 12.0. The Morgan fingerprint density at radius 3 is 3.00 bits per heavy atom. The number of hydrogen-bond acceptors (Lipinski definition) is 3. The maximum atomic E-state index is 13.3. The van der Waals surface area contributed by atoms with Crippen LogP contribution in [0, 0.1) is 5.82 Å². The lowest BCUT2D eigenvalue weighted by Crippen LogP contribution is -2.24. The van der Waals surface area contributed by atoms with Crippen molar-refractivity contribution < 1.29 is 14.2 Å². The molecule has 0 saturated heterocycles. The summed E-state index contributed by atoms with van der Waals surface area (Å²) in [5.74, 6) is 0.384.